The molecule has 4 aromatic rings. The Labute approximate surface area is 184 Å². The number of aryl methyl sites for hydroxylation is 1. The topological polar surface area (TPSA) is 37.3 Å². The second-order valence-corrected chi connectivity index (χ2v) is 8.78. The average Bonchev–Trinajstić information content (AvgIpc) is 3.41. The van der Waals surface area contributed by atoms with Crippen molar-refractivity contribution in [2.45, 2.75) is 19.5 Å². The molecule has 0 saturated carbocycles. The van der Waals surface area contributed by atoms with Gasteiger partial charge in [-0.25, -0.2) is 4.79 Å². The number of carbonyl (C=O) groups excluding carboxylic acids is 1. The number of rotatable bonds is 2. The molecule has 1 aliphatic heterocycles. The fourth-order valence-electron chi connectivity index (χ4n) is 3.99. The molecule has 3 heterocycles. The van der Waals surface area contributed by atoms with E-state index in [1.165, 1.54) is 0 Å². The van der Waals surface area contributed by atoms with Crippen LogP contribution in [-0.4, -0.2) is 15.5 Å². The lowest BCUT2D eigenvalue weighted by molar-refractivity contribution is 0.195. The summed E-state index contributed by atoms with van der Waals surface area (Å²) in [5.74, 6) is 0. The Bertz CT molecular complexity index is 1210. The van der Waals surface area contributed by atoms with Crippen LogP contribution >= 0.6 is 22.9 Å². The molecule has 0 spiro atoms. The van der Waals surface area contributed by atoms with E-state index in [1.54, 1.807) is 11.3 Å². The minimum absolute atomic E-state index is 0.177. The van der Waals surface area contributed by atoms with E-state index in [1.807, 2.05) is 59.7 Å². The van der Waals surface area contributed by atoms with Gasteiger partial charge in [-0.05, 0) is 59.8 Å². The third-order valence-corrected chi connectivity index (χ3v) is 6.64. The zero-order chi connectivity index (χ0) is 20.7. The zero-order valence-corrected chi connectivity index (χ0v) is 18.0. The molecular weight excluding hydrogens is 414 g/mol. The monoisotopic (exact) mass is 433 g/mol. The average molecular weight is 434 g/mol. The highest BCUT2D eigenvalue weighted by molar-refractivity contribution is 7.10. The summed E-state index contributed by atoms with van der Waals surface area (Å²) in [5.41, 5.74) is 4.93. The van der Waals surface area contributed by atoms with Gasteiger partial charge in [0, 0.05) is 11.1 Å². The molecule has 2 amide bonds. The molecular formula is C24H20ClN3OS. The van der Waals surface area contributed by atoms with Crippen LogP contribution in [0.15, 0.2) is 78.3 Å². The minimum atomic E-state index is -0.198. The number of carbonyl (C=O) groups is 1. The fourth-order valence-corrected chi connectivity index (χ4v) is 5.12. The van der Waals surface area contributed by atoms with E-state index in [9.17, 15) is 4.79 Å². The van der Waals surface area contributed by atoms with Gasteiger partial charge in [-0.15, -0.1) is 11.3 Å². The van der Waals surface area contributed by atoms with Crippen LogP contribution in [-0.2, 0) is 6.54 Å². The van der Waals surface area contributed by atoms with Crippen LogP contribution in [0.3, 0.4) is 0 Å². The number of anilines is 1. The van der Waals surface area contributed by atoms with Gasteiger partial charge in [-0.3, -0.25) is 0 Å². The molecule has 150 valence electrons. The largest absolute Gasteiger partial charge is 0.323 e. The molecule has 30 heavy (non-hydrogen) atoms. The van der Waals surface area contributed by atoms with Crippen LogP contribution in [0.4, 0.5) is 10.5 Å². The lowest BCUT2D eigenvalue weighted by Gasteiger charge is -2.30. The second kappa shape index (κ2) is 7.67. The van der Waals surface area contributed by atoms with Gasteiger partial charge < -0.3 is 14.8 Å². The van der Waals surface area contributed by atoms with Crippen molar-refractivity contribution < 1.29 is 4.79 Å². The quantitative estimate of drug-likeness (QED) is 0.378. The standard InChI is InChI=1S/C24H20ClN3OS/c1-16-10-11-19(18(25)14-16)26-24(29)28-15-17-6-2-3-7-20(17)27-12-4-8-21(27)23(28)22-9-5-13-30-22/h2-14,23H,15H2,1H3,(H,26,29)/t23-/m0/s1. The Kier molecular flexibility index (Phi) is 4.85. The summed E-state index contributed by atoms with van der Waals surface area (Å²) in [6, 6.07) is 21.7. The van der Waals surface area contributed by atoms with E-state index in [2.05, 4.69) is 40.3 Å². The van der Waals surface area contributed by atoms with Gasteiger partial charge in [-0.2, -0.15) is 0 Å². The fraction of sp³-hybridized carbons (Fsp3) is 0.125. The van der Waals surface area contributed by atoms with Crippen molar-refractivity contribution in [2.75, 3.05) is 5.32 Å². The van der Waals surface area contributed by atoms with Gasteiger partial charge in [0.1, 0.15) is 6.04 Å². The summed E-state index contributed by atoms with van der Waals surface area (Å²) in [4.78, 5) is 16.6. The van der Waals surface area contributed by atoms with Crippen LogP contribution in [0.25, 0.3) is 5.69 Å². The molecule has 0 unspecified atom stereocenters. The number of hydrogen-bond donors (Lipinski definition) is 1. The van der Waals surface area contributed by atoms with Gasteiger partial charge in [-0.1, -0.05) is 41.9 Å². The smallest absolute Gasteiger partial charge is 0.318 e. The van der Waals surface area contributed by atoms with Gasteiger partial charge in [0.05, 0.1) is 28.6 Å². The van der Waals surface area contributed by atoms with Crippen molar-refractivity contribution in [3.8, 4) is 5.69 Å². The molecule has 0 saturated heterocycles. The summed E-state index contributed by atoms with van der Waals surface area (Å²) in [5, 5.41) is 5.62. The predicted molar refractivity (Wildman–Crippen MR) is 123 cm³/mol. The van der Waals surface area contributed by atoms with Gasteiger partial charge in [0.2, 0.25) is 0 Å². The number of benzene rings is 2. The van der Waals surface area contributed by atoms with Crippen LogP contribution in [0.1, 0.15) is 27.7 Å². The summed E-state index contributed by atoms with van der Waals surface area (Å²) >= 11 is 8.05. The SMILES string of the molecule is Cc1ccc(NC(=O)N2Cc3ccccc3-n3cccc3[C@H]2c2cccs2)c(Cl)c1. The molecule has 5 rings (SSSR count). The van der Waals surface area contributed by atoms with Crippen LogP contribution in [0.5, 0.6) is 0 Å². The van der Waals surface area contributed by atoms with Crippen molar-refractivity contribution in [2.24, 2.45) is 0 Å². The first-order valence-electron chi connectivity index (χ1n) is 9.74. The van der Waals surface area contributed by atoms with E-state index < -0.39 is 0 Å². The van der Waals surface area contributed by atoms with E-state index >= 15 is 0 Å². The molecule has 1 N–H and O–H groups in total. The number of aromatic nitrogens is 1. The molecule has 0 bridgehead atoms. The van der Waals surface area contributed by atoms with Crippen LogP contribution in [0, 0.1) is 6.92 Å². The van der Waals surface area contributed by atoms with Crippen molar-refractivity contribution in [3.05, 3.63) is 105 Å². The number of nitrogens with one attached hydrogen (secondary N) is 1. The highest BCUT2D eigenvalue weighted by atomic mass is 35.5. The number of halogens is 1. The van der Waals surface area contributed by atoms with E-state index in [0.29, 0.717) is 17.3 Å². The number of amides is 2. The number of nitrogens with zero attached hydrogens (tertiary/aromatic N) is 2. The molecule has 1 atom stereocenters. The summed E-state index contributed by atoms with van der Waals surface area (Å²) in [7, 11) is 0. The number of thiophene rings is 1. The van der Waals surface area contributed by atoms with Gasteiger partial charge >= 0.3 is 6.03 Å². The highest BCUT2D eigenvalue weighted by Gasteiger charge is 2.33. The van der Waals surface area contributed by atoms with Crippen molar-refractivity contribution in [1.29, 1.82) is 0 Å². The molecule has 6 heteroatoms. The minimum Gasteiger partial charge on any atom is -0.318 e. The molecule has 2 aromatic carbocycles. The summed E-state index contributed by atoms with van der Waals surface area (Å²) in [6.07, 6.45) is 2.06. The summed E-state index contributed by atoms with van der Waals surface area (Å²) in [6.45, 7) is 2.47. The van der Waals surface area contributed by atoms with E-state index in [-0.39, 0.29) is 12.1 Å². The number of fused-ring (bicyclic) bond motifs is 3. The van der Waals surface area contributed by atoms with E-state index in [0.717, 1.165) is 27.4 Å². The van der Waals surface area contributed by atoms with Gasteiger partial charge in [0.15, 0.2) is 0 Å². The second-order valence-electron chi connectivity index (χ2n) is 7.39. The normalized spacial score (nSPS) is 15.3. The molecule has 4 nitrogen and oxygen atoms in total. The van der Waals surface area contributed by atoms with Gasteiger partial charge in [0.25, 0.3) is 0 Å². The number of urea groups is 1. The molecule has 2 aromatic heterocycles. The molecule has 0 aliphatic carbocycles. The third kappa shape index (κ3) is 3.30. The first-order valence-corrected chi connectivity index (χ1v) is 11.0. The lowest BCUT2D eigenvalue weighted by atomic mass is 10.1. The van der Waals surface area contributed by atoms with E-state index in [4.69, 9.17) is 11.6 Å². The number of para-hydroxylation sites is 1. The molecule has 1 aliphatic rings. The highest BCUT2D eigenvalue weighted by Crippen LogP contribution is 2.38. The van der Waals surface area contributed by atoms with Crippen molar-refractivity contribution >= 4 is 34.7 Å². The third-order valence-electron chi connectivity index (χ3n) is 5.40. The molecule has 0 fully saturated rings. The predicted octanol–water partition coefficient (Wildman–Crippen LogP) is 6.64. The Morgan fingerprint density at radius 3 is 2.77 bits per heavy atom. The van der Waals surface area contributed by atoms with Crippen LogP contribution in [0.2, 0.25) is 5.02 Å². The van der Waals surface area contributed by atoms with Crippen LogP contribution < -0.4 is 5.32 Å². The Morgan fingerprint density at radius 2 is 1.97 bits per heavy atom. The Morgan fingerprint density at radius 1 is 1.10 bits per heavy atom. The Hall–Kier alpha value is -3.02. The maximum atomic E-state index is 13.6. The lowest BCUT2D eigenvalue weighted by Crippen LogP contribution is -2.37. The zero-order valence-electron chi connectivity index (χ0n) is 16.4. The first kappa shape index (κ1) is 19.0. The maximum Gasteiger partial charge on any atom is 0.323 e. The van der Waals surface area contributed by atoms with Crippen molar-refractivity contribution in [3.63, 3.8) is 0 Å². The maximum absolute atomic E-state index is 13.6. The number of hydrogen-bond acceptors (Lipinski definition) is 2. The molecule has 0 radical (unpaired) electrons. The Balaban J connectivity index is 1.61. The van der Waals surface area contributed by atoms with Crippen molar-refractivity contribution in [1.82, 2.24) is 9.47 Å². The summed E-state index contributed by atoms with van der Waals surface area (Å²) < 4.78 is 2.19. The first-order chi connectivity index (χ1) is 14.6.